The monoisotopic (exact) mass is 239 g/mol. The van der Waals surface area contributed by atoms with Crippen LogP contribution in [0.2, 0.25) is 0 Å². The molecule has 18 heavy (non-hydrogen) atoms. The Kier molecular flexibility index (Phi) is 3.90. The lowest BCUT2D eigenvalue weighted by Crippen LogP contribution is -2.24. The second kappa shape index (κ2) is 5.61. The van der Waals surface area contributed by atoms with E-state index in [2.05, 4.69) is 4.99 Å². The first-order valence-electron chi connectivity index (χ1n) is 6.01. The van der Waals surface area contributed by atoms with Crippen molar-refractivity contribution in [1.82, 2.24) is 0 Å². The lowest BCUT2D eigenvalue weighted by atomic mass is 9.96. The van der Waals surface area contributed by atoms with Gasteiger partial charge in [0.25, 0.3) is 0 Å². The molecule has 1 N–H and O–H groups in total. The number of benzene rings is 2. The summed E-state index contributed by atoms with van der Waals surface area (Å²) in [5.74, 6) is 0. The fourth-order valence-corrected chi connectivity index (χ4v) is 1.76. The van der Waals surface area contributed by atoms with E-state index in [-0.39, 0.29) is 0 Å². The number of hydrogen-bond donors (Lipinski definition) is 1. The predicted octanol–water partition coefficient (Wildman–Crippen LogP) is 3.01. The molecule has 0 saturated heterocycles. The maximum atomic E-state index is 10.4. The molecule has 2 heteroatoms. The van der Waals surface area contributed by atoms with Gasteiger partial charge >= 0.3 is 0 Å². The van der Waals surface area contributed by atoms with Crippen molar-refractivity contribution in [3.8, 4) is 0 Å². The smallest absolute Gasteiger partial charge is 0.106 e. The van der Waals surface area contributed by atoms with Crippen LogP contribution >= 0.6 is 0 Å². The first-order chi connectivity index (χ1) is 8.68. The molecule has 0 heterocycles. The standard InChI is InChI=1S/C16H17NO/c1-16(18,15-10-6-3-7-11-15)13-17-12-14-8-4-2-5-9-14/h2-12,18H,13H2,1H3. The third kappa shape index (κ3) is 3.28. The molecule has 0 amide bonds. The lowest BCUT2D eigenvalue weighted by Gasteiger charge is -2.21. The molecule has 0 radical (unpaired) electrons. The van der Waals surface area contributed by atoms with Gasteiger partial charge in [-0.1, -0.05) is 60.7 Å². The van der Waals surface area contributed by atoms with E-state index in [1.807, 2.05) is 60.7 Å². The first kappa shape index (κ1) is 12.5. The van der Waals surface area contributed by atoms with E-state index in [1.165, 1.54) is 0 Å². The van der Waals surface area contributed by atoms with Crippen molar-refractivity contribution >= 4 is 6.21 Å². The van der Waals surface area contributed by atoms with Crippen LogP contribution in [0.25, 0.3) is 0 Å². The minimum atomic E-state index is -0.924. The van der Waals surface area contributed by atoms with Crippen molar-refractivity contribution < 1.29 is 5.11 Å². The molecular weight excluding hydrogens is 222 g/mol. The maximum Gasteiger partial charge on any atom is 0.106 e. The van der Waals surface area contributed by atoms with Crippen molar-refractivity contribution in [1.29, 1.82) is 0 Å². The van der Waals surface area contributed by atoms with Crippen LogP contribution in [0.5, 0.6) is 0 Å². The van der Waals surface area contributed by atoms with Crippen LogP contribution in [-0.2, 0) is 5.60 Å². The van der Waals surface area contributed by atoms with E-state index in [1.54, 1.807) is 13.1 Å². The van der Waals surface area contributed by atoms with E-state index < -0.39 is 5.60 Å². The minimum Gasteiger partial charge on any atom is -0.384 e. The molecule has 1 atom stereocenters. The molecule has 2 rings (SSSR count). The summed E-state index contributed by atoms with van der Waals surface area (Å²) in [6.45, 7) is 2.14. The van der Waals surface area contributed by atoms with Gasteiger partial charge in [-0.05, 0) is 18.1 Å². The molecule has 0 aliphatic heterocycles. The summed E-state index contributed by atoms with van der Waals surface area (Å²) in [6, 6.07) is 19.5. The summed E-state index contributed by atoms with van der Waals surface area (Å²) in [7, 11) is 0. The van der Waals surface area contributed by atoms with E-state index in [9.17, 15) is 5.11 Å². The van der Waals surface area contributed by atoms with Gasteiger partial charge < -0.3 is 5.11 Å². The third-order valence-corrected chi connectivity index (χ3v) is 2.83. The Morgan fingerprint density at radius 3 is 2.17 bits per heavy atom. The van der Waals surface area contributed by atoms with E-state index in [0.29, 0.717) is 6.54 Å². The lowest BCUT2D eigenvalue weighted by molar-refractivity contribution is 0.0676. The zero-order valence-corrected chi connectivity index (χ0v) is 10.5. The Hall–Kier alpha value is -1.93. The molecular formula is C16H17NO. The molecule has 2 aromatic carbocycles. The number of aliphatic imine (C=N–C) groups is 1. The van der Waals surface area contributed by atoms with Gasteiger partial charge in [-0.25, -0.2) is 0 Å². The zero-order valence-electron chi connectivity index (χ0n) is 10.5. The molecule has 2 aromatic rings. The van der Waals surface area contributed by atoms with Crippen LogP contribution in [0.15, 0.2) is 65.7 Å². The molecule has 0 aliphatic carbocycles. The Morgan fingerprint density at radius 2 is 1.56 bits per heavy atom. The van der Waals surface area contributed by atoms with Crippen molar-refractivity contribution in [3.05, 3.63) is 71.8 Å². The molecule has 0 bridgehead atoms. The van der Waals surface area contributed by atoms with E-state index in [4.69, 9.17) is 0 Å². The Balaban J connectivity index is 2.04. The average molecular weight is 239 g/mol. The predicted molar refractivity (Wildman–Crippen MR) is 74.9 cm³/mol. The van der Waals surface area contributed by atoms with Crippen LogP contribution in [0.1, 0.15) is 18.1 Å². The summed E-state index contributed by atoms with van der Waals surface area (Å²) in [5, 5.41) is 10.4. The summed E-state index contributed by atoms with van der Waals surface area (Å²) in [6.07, 6.45) is 1.79. The van der Waals surface area contributed by atoms with Crippen LogP contribution < -0.4 is 0 Å². The molecule has 2 nitrogen and oxygen atoms in total. The van der Waals surface area contributed by atoms with Crippen LogP contribution in [0.4, 0.5) is 0 Å². The van der Waals surface area contributed by atoms with Gasteiger partial charge in [-0.15, -0.1) is 0 Å². The van der Waals surface area contributed by atoms with Gasteiger partial charge in [0.15, 0.2) is 0 Å². The molecule has 0 spiro atoms. The van der Waals surface area contributed by atoms with Crippen molar-refractivity contribution in [2.24, 2.45) is 4.99 Å². The minimum absolute atomic E-state index is 0.353. The Labute approximate surface area is 108 Å². The van der Waals surface area contributed by atoms with Gasteiger partial charge in [0, 0.05) is 6.21 Å². The highest BCUT2D eigenvalue weighted by molar-refractivity contribution is 5.79. The Bertz CT molecular complexity index is 503. The number of rotatable bonds is 4. The first-order valence-corrected chi connectivity index (χ1v) is 6.01. The maximum absolute atomic E-state index is 10.4. The van der Waals surface area contributed by atoms with E-state index in [0.717, 1.165) is 11.1 Å². The summed E-state index contributed by atoms with van der Waals surface area (Å²) in [4.78, 5) is 4.31. The van der Waals surface area contributed by atoms with Crippen molar-refractivity contribution in [3.63, 3.8) is 0 Å². The quantitative estimate of drug-likeness (QED) is 0.817. The largest absolute Gasteiger partial charge is 0.384 e. The highest BCUT2D eigenvalue weighted by Crippen LogP contribution is 2.20. The van der Waals surface area contributed by atoms with Crippen LogP contribution in [0.3, 0.4) is 0 Å². The highest BCUT2D eigenvalue weighted by atomic mass is 16.3. The fourth-order valence-electron chi connectivity index (χ4n) is 1.76. The molecule has 0 saturated carbocycles. The molecule has 92 valence electrons. The molecule has 0 fully saturated rings. The number of nitrogens with zero attached hydrogens (tertiary/aromatic N) is 1. The van der Waals surface area contributed by atoms with Crippen molar-refractivity contribution in [2.45, 2.75) is 12.5 Å². The summed E-state index contributed by atoms with van der Waals surface area (Å²) in [5.41, 5.74) is 1.00. The molecule has 0 aromatic heterocycles. The normalized spacial score (nSPS) is 14.6. The van der Waals surface area contributed by atoms with Gasteiger partial charge in [0.1, 0.15) is 5.60 Å². The molecule has 0 aliphatic rings. The Morgan fingerprint density at radius 1 is 1.00 bits per heavy atom. The second-order valence-corrected chi connectivity index (χ2v) is 4.52. The fraction of sp³-hybridized carbons (Fsp3) is 0.188. The summed E-state index contributed by atoms with van der Waals surface area (Å²) >= 11 is 0. The van der Waals surface area contributed by atoms with E-state index >= 15 is 0 Å². The van der Waals surface area contributed by atoms with Crippen LogP contribution in [0, 0.1) is 0 Å². The highest BCUT2D eigenvalue weighted by Gasteiger charge is 2.21. The van der Waals surface area contributed by atoms with Crippen LogP contribution in [-0.4, -0.2) is 17.9 Å². The van der Waals surface area contributed by atoms with Crippen molar-refractivity contribution in [2.75, 3.05) is 6.54 Å². The SMILES string of the molecule is CC(O)(CN=Cc1ccccc1)c1ccccc1. The number of hydrogen-bond acceptors (Lipinski definition) is 2. The van der Waals surface area contributed by atoms with Gasteiger partial charge in [0.2, 0.25) is 0 Å². The zero-order chi connectivity index (χ0) is 12.8. The topological polar surface area (TPSA) is 32.6 Å². The van der Waals surface area contributed by atoms with Gasteiger partial charge in [0.05, 0.1) is 6.54 Å². The second-order valence-electron chi connectivity index (χ2n) is 4.52. The van der Waals surface area contributed by atoms with Gasteiger partial charge in [-0.2, -0.15) is 0 Å². The molecule has 1 unspecified atom stereocenters. The van der Waals surface area contributed by atoms with Gasteiger partial charge in [-0.3, -0.25) is 4.99 Å². The summed E-state index contributed by atoms with van der Waals surface area (Å²) < 4.78 is 0. The number of aliphatic hydroxyl groups is 1. The third-order valence-electron chi connectivity index (χ3n) is 2.83. The average Bonchev–Trinajstić information content (AvgIpc) is 2.41.